The van der Waals surface area contributed by atoms with Crippen molar-refractivity contribution in [3.8, 4) is 6.01 Å². The van der Waals surface area contributed by atoms with Gasteiger partial charge in [-0.3, -0.25) is 9.59 Å². The molecule has 1 fully saturated rings. The maximum atomic E-state index is 13.2. The lowest BCUT2D eigenvalue weighted by Gasteiger charge is -2.46. The molecule has 3 heterocycles. The molecule has 0 saturated heterocycles. The third-order valence-electron chi connectivity index (χ3n) is 5.46. The summed E-state index contributed by atoms with van der Waals surface area (Å²) in [4.78, 5) is 46.3. The summed E-state index contributed by atoms with van der Waals surface area (Å²) in [5, 5.41) is 0.655. The molecule has 0 N–H and O–H groups in total. The van der Waals surface area contributed by atoms with Gasteiger partial charge in [-0.05, 0) is 39.7 Å². The number of imide groups is 1. The van der Waals surface area contributed by atoms with Gasteiger partial charge in [-0.1, -0.05) is 19.3 Å². The number of carbonyl (C=O) groups is 3. The van der Waals surface area contributed by atoms with Crippen molar-refractivity contribution >= 4 is 29.5 Å². The van der Waals surface area contributed by atoms with E-state index < -0.39 is 23.1 Å². The Hall–Kier alpha value is -2.97. The number of hydrogen-bond acceptors (Lipinski definition) is 7. The van der Waals surface area contributed by atoms with E-state index in [1.807, 2.05) is 4.57 Å². The van der Waals surface area contributed by atoms with Gasteiger partial charge in [-0.25, -0.2) is 14.7 Å². The van der Waals surface area contributed by atoms with Gasteiger partial charge in [0.25, 0.3) is 5.91 Å². The van der Waals surface area contributed by atoms with Crippen LogP contribution in [0.25, 0.3) is 11.0 Å². The topological polar surface area (TPSA) is 104 Å². The average Bonchev–Trinajstić information content (AvgIpc) is 3.05. The van der Waals surface area contributed by atoms with Crippen LogP contribution < -0.4 is 4.74 Å². The molecule has 0 bridgehead atoms. The van der Waals surface area contributed by atoms with E-state index in [0.29, 0.717) is 16.7 Å². The zero-order chi connectivity index (χ0) is 20.8. The van der Waals surface area contributed by atoms with E-state index >= 15 is 0 Å². The van der Waals surface area contributed by atoms with Gasteiger partial charge in [0.15, 0.2) is 0 Å². The fourth-order valence-electron chi connectivity index (χ4n) is 4.34. The normalized spacial score (nSPS) is 18.6. The molecule has 1 spiro atoms. The minimum Gasteiger partial charge on any atom is -0.443 e. The highest BCUT2D eigenvalue weighted by atomic mass is 16.6. The highest BCUT2D eigenvalue weighted by Gasteiger charge is 2.47. The van der Waals surface area contributed by atoms with Crippen LogP contribution in [0, 0.1) is 0 Å². The largest absolute Gasteiger partial charge is 0.443 e. The predicted octanol–water partition coefficient (Wildman–Crippen LogP) is 3.02. The van der Waals surface area contributed by atoms with Crippen LogP contribution >= 0.6 is 0 Å². The minimum absolute atomic E-state index is 0.0682. The number of amides is 2. The van der Waals surface area contributed by atoms with Crippen molar-refractivity contribution in [3.05, 3.63) is 18.0 Å². The lowest BCUT2D eigenvalue weighted by atomic mass is 9.79. The number of fused-ring (bicyclic) bond motifs is 4. The molecule has 2 amide bonds. The van der Waals surface area contributed by atoms with Crippen molar-refractivity contribution in [1.82, 2.24) is 19.4 Å². The van der Waals surface area contributed by atoms with Gasteiger partial charge in [-0.15, -0.1) is 0 Å². The minimum atomic E-state index is -0.701. The molecule has 4 rings (SSSR count). The van der Waals surface area contributed by atoms with E-state index in [0.717, 1.165) is 32.1 Å². The number of aromatic nitrogens is 3. The first kappa shape index (κ1) is 19.4. The summed E-state index contributed by atoms with van der Waals surface area (Å²) in [6, 6.07) is 1.62. The smallest absolute Gasteiger partial charge is 0.417 e. The Balaban J connectivity index is 1.85. The van der Waals surface area contributed by atoms with Gasteiger partial charge < -0.3 is 14.0 Å². The van der Waals surface area contributed by atoms with E-state index in [4.69, 9.17) is 9.47 Å². The molecule has 154 valence electrons. The summed E-state index contributed by atoms with van der Waals surface area (Å²) >= 11 is 0. The van der Waals surface area contributed by atoms with E-state index in [2.05, 4.69) is 9.97 Å². The number of rotatable bonds is 2. The number of ether oxygens (including phenoxy) is 2. The molecule has 0 atom stereocenters. The molecule has 2 aromatic heterocycles. The van der Waals surface area contributed by atoms with Crippen molar-refractivity contribution in [3.63, 3.8) is 0 Å². The van der Waals surface area contributed by atoms with Gasteiger partial charge >= 0.3 is 18.6 Å². The maximum absolute atomic E-state index is 13.2. The van der Waals surface area contributed by atoms with E-state index in [9.17, 15) is 14.4 Å². The van der Waals surface area contributed by atoms with Crippen molar-refractivity contribution in [2.75, 3.05) is 6.54 Å². The van der Waals surface area contributed by atoms with Gasteiger partial charge in [0.05, 0.1) is 12.1 Å². The highest BCUT2D eigenvalue weighted by molar-refractivity contribution is 6.05. The van der Waals surface area contributed by atoms with E-state index in [1.165, 1.54) is 11.1 Å². The molecule has 0 radical (unpaired) electrons. The summed E-state index contributed by atoms with van der Waals surface area (Å²) < 4.78 is 12.2. The van der Waals surface area contributed by atoms with Crippen LogP contribution in [0.5, 0.6) is 6.01 Å². The fourth-order valence-corrected chi connectivity index (χ4v) is 4.34. The van der Waals surface area contributed by atoms with Gasteiger partial charge in [0.2, 0.25) is 0 Å². The molecular weight excluding hydrogens is 376 g/mol. The van der Waals surface area contributed by atoms with Gasteiger partial charge in [0, 0.05) is 11.6 Å². The molecule has 1 aliphatic carbocycles. The summed E-state index contributed by atoms with van der Waals surface area (Å²) in [5.41, 5.74) is -0.261. The Bertz CT molecular complexity index is 985. The van der Waals surface area contributed by atoms with E-state index in [1.54, 1.807) is 26.8 Å². The second-order valence-electron chi connectivity index (χ2n) is 8.67. The number of nitrogens with zero attached hydrogens (tertiary/aromatic N) is 4. The highest BCUT2D eigenvalue weighted by Crippen LogP contribution is 2.42. The Morgan fingerprint density at radius 1 is 1.24 bits per heavy atom. The Morgan fingerprint density at radius 3 is 2.62 bits per heavy atom. The van der Waals surface area contributed by atoms with Crippen molar-refractivity contribution in [2.45, 2.75) is 64.0 Å². The first-order valence-corrected chi connectivity index (χ1v) is 9.78. The fraction of sp³-hybridized carbons (Fsp3) is 0.550. The van der Waals surface area contributed by atoms with Crippen LogP contribution in [0.3, 0.4) is 0 Å². The predicted molar refractivity (Wildman–Crippen MR) is 103 cm³/mol. The molecule has 1 aliphatic heterocycles. The average molecular weight is 400 g/mol. The molecule has 29 heavy (non-hydrogen) atoms. The van der Waals surface area contributed by atoms with Crippen LogP contribution in [-0.4, -0.2) is 50.1 Å². The molecule has 9 heteroatoms. The van der Waals surface area contributed by atoms with Crippen LogP contribution in [0.4, 0.5) is 4.79 Å². The van der Waals surface area contributed by atoms with Crippen LogP contribution in [0.15, 0.2) is 12.3 Å². The van der Waals surface area contributed by atoms with Crippen LogP contribution in [0.2, 0.25) is 0 Å². The standard InChI is InChI=1S/C20H24N4O5/c1-19(2,3)29-18(27)23-11-20(7-5-4-6-8-20)24-14(16(23)26)9-13-10-21-17(28-12-25)22-15(13)24/h9-10,12H,4-8,11H2,1-3H3. The first-order chi connectivity index (χ1) is 13.7. The van der Waals surface area contributed by atoms with Crippen molar-refractivity contribution < 1.29 is 23.9 Å². The molecular formula is C20H24N4O5. The SMILES string of the molecule is CC(C)(C)OC(=O)N1CC2(CCCCC2)n2c(cc3cnc(OC=O)nc32)C1=O. The molecule has 1 saturated carbocycles. The lowest BCUT2D eigenvalue weighted by molar-refractivity contribution is -0.121. The molecule has 0 unspecified atom stereocenters. The number of hydrogen-bond donors (Lipinski definition) is 0. The Morgan fingerprint density at radius 2 is 1.97 bits per heavy atom. The molecule has 0 aromatic carbocycles. The lowest BCUT2D eigenvalue weighted by Crippen LogP contribution is -2.56. The van der Waals surface area contributed by atoms with Crippen LogP contribution in [0.1, 0.15) is 63.4 Å². The zero-order valence-electron chi connectivity index (χ0n) is 16.8. The second kappa shape index (κ2) is 6.82. The third kappa shape index (κ3) is 3.34. The zero-order valence-corrected chi connectivity index (χ0v) is 16.8. The van der Waals surface area contributed by atoms with Gasteiger partial charge in [0.1, 0.15) is 16.9 Å². The summed E-state index contributed by atoms with van der Waals surface area (Å²) in [6.07, 6.45) is 5.57. The van der Waals surface area contributed by atoms with E-state index in [-0.39, 0.29) is 19.0 Å². The third-order valence-corrected chi connectivity index (χ3v) is 5.46. The monoisotopic (exact) mass is 400 g/mol. The Kier molecular flexibility index (Phi) is 4.55. The molecule has 2 aliphatic rings. The molecule has 9 nitrogen and oxygen atoms in total. The second-order valence-corrected chi connectivity index (χ2v) is 8.67. The summed E-state index contributed by atoms with van der Waals surface area (Å²) in [7, 11) is 0. The maximum Gasteiger partial charge on any atom is 0.417 e. The van der Waals surface area contributed by atoms with Gasteiger partial charge in [-0.2, -0.15) is 4.98 Å². The number of carbonyl (C=O) groups excluding carboxylic acids is 3. The quantitative estimate of drug-likeness (QED) is 0.714. The molecule has 2 aromatic rings. The van der Waals surface area contributed by atoms with Crippen molar-refractivity contribution in [1.29, 1.82) is 0 Å². The summed E-state index contributed by atoms with van der Waals surface area (Å²) in [5.74, 6) is -0.425. The first-order valence-electron chi connectivity index (χ1n) is 9.78. The Labute approximate surface area is 168 Å². The summed E-state index contributed by atoms with van der Waals surface area (Å²) in [6.45, 7) is 5.82. The van der Waals surface area contributed by atoms with Crippen molar-refractivity contribution in [2.24, 2.45) is 0 Å². The van der Waals surface area contributed by atoms with Crippen LogP contribution in [-0.2, 0) is 15.1 Å².